The van der Waals surface area contributed by atoms with Gasteiger partial charge in [0, 0.05) is 5.71 Å². The van der Waals surface area contributed by atoms with Crippen LogP contribution in [0.3, 0.4) is 0 Å². The van der Waals surface area contributed by atoms with Gasteiger partial charge in [0.05, 0.1) is 21.0 Å². The first-order valence-corrected chi connectivity index (χ1v) is 9.06. The van der Waals surface area contributed by atoms with Gasteiger partial charge in [-0.1, -0.05) is 40.4 Å². The average Bonchev–Trinajstić information content (AvgIpc) is 2.71. The summed E-state index contributed by atoms with van der Waals surface area (Å²) < 4.78 is 25.9. The molecule has 0 bridgehead atoms. The highest BCUT2D eigenvalue weighted by molar-refractivity contribution is 7.89. The van der Waals surface area contributed by atoms with E-state index >= 15 is 0 Å². The lowest BCUT2D eigenvalue weighted by Crippen LogP contribution is -2.32. The number of nitrogens with zero attached hydrogens (tertiary/aromatic N) is 2. The SMILES string of the molecule is C=C(C)C[C@H]1C(=O)N(S(=O)(=O)c2cc(Cl)c(Cl)cc2Cl)N=C1C. The number of benzene rings is 1. The van der Waals surface area contributed by atoms with Gasteiger partial charge in [-0.05, 0) is 32.4 Å². The second-order valence-corrected chi connectivity index (χ2v) is 8.20. The summed E-state index contributed by atoms with van der Waals surface area (Å²) >= 11 is 17.6. The lowest BCUT2D eigenvalue weighted by Gasteiger charge is -2.16. The number of amides is 1. The summed E-state index contributed by atoms with van der Waals surface area (Å²) in [7, 11) is -4.27. The van der Waals surface area contributed by atoms with Crippen LogP contribution in [0.25, 0.3) is 0 Å². The third-order valence-corrected chi connectivity index (χ3v) is 6.03. The van der Waals surface area contributed by atoms with Gasteiger partial charge in [-0.25, -0.2) is 0 Å². The predicted molar refractivity (Wildman–Crippen MR) is 91.5 cm³/mol. The van der Waals surface area contributed by atoms with Crippen molar-refractivity contribution in [1.29, 1.82) is 0 Å². The number of sulfonamides is 1. The predicted octanol–water partition coefficient (Wildman–Crippen LogP) is 4.14. The van der Waals surface area contributed by atoms with Crippen LogP contribution in [0.1, 0.15) is 20.3 Å². The van der Waals surface area contributed by atoms with Crippen LogP contribution in [-0.2, 0) is 14.8 Å². The molecule has 1 amide bonds. The minimum absolute atomic E-state index is 0.0143. The number of hydrogen-bond acceptors (Lipinski definition) is 4. The summed E-state index contributed by atoms with van der Waals surface area (Å²) in [6, 6.07) is 2.31. The number of rotatable bonds is 4. The number of hydrazone groups is 1. The van der Waals surface area contributed by atoms with Gasteiger partial charge in [-0.3, -0.25) is 4.79 Å². The van der Waals surface area contributed by atoms with Crippen LogP contribution in [0.4, 0.5) is 0 Å². The second kappa shape index (κ2) is 6.43. The Hall–Kier alpha value is -1.08. The highest BCUT2D eigenvalue weighted by Gasteiger charge is 2.41. The van der Waals surface area contributed by atoms with Crippen molar-refractivity contribution in [1.82, 2.24) is 4.41 Å². The first-order chi connectivity index (χ1) is 10.6. The first kappa shape index (κ1) is 18.3. The second-order valence-electron chi connectivity index (χ2n) is 5.24. The molecule has 2 rings (SSSR count). The van der Waals surface area contributed by atoms with E-state index in [2.05, 4.69) is 11.7 Å². The third-order valence-electron chi connectivity index (χ3n) is 3.27. The highest BCUT2D eigenvalue weighted by atomic mass is 35.5. The molecule has 0 saturated heterocycles. The minimum Gasteiger partial charge on any atom is -0.271 e. The Balaban J connectivity index is 2.48. The summed E-state index contributed by atoms with van der Waals surface area (Å²) in [5.41, 5.74) is 1.16. The van der Waals surface area contributed by atoms with E-state index < -0.39 is 21.8 Å². The molecule has 0 spiro atoms. The van der Waals surface area contributed by atoms with Gasteiger partial charge in [-0.15, -0.1) is 11.0 Å². The Labute approximate surface area is 149 Å². The number of halogens is 3. The zero-order chi connectivity index (χ0) is 17.5. The van der Waals surface area contributed by atoms with Crippen molar-refractivity contribution in [3.8, 4) is 0 Å². The van der Waals surface area contributed by atoms with Gasteiger partial charge in [0.15, 0.2) is 0 Å². The van der Waals surface area contributed by atoms with Crippen LogP contribution in [0.15, 0.2) is 34.3 Å². The molecule has 0 aliphatic carbocycles. The van der Waals surface area contributed by atoms with Crippen LogP contribution < -0.4 is 0 Å². The van der Waals surface area contributed by atoms with Crippen LogP contribution >= 0.6 is 34.8 Å². The van der Waals surface area contributed by atoms with E-state index in [1.54, 1.807) is 13.8 Å². The quantitative estimate of drug-likeness (QED) is 0.568. The van der Waals surface area contributed by atoms with Crippen molar-refractivity contribution in [2.45, 2.75) is 25.2 Å². The molecule has 0 N–H and O–H groups in total. The van der Waals surface area contributed by atoms with Crippen LogP contribution in [0, 0.1) is 5.92 Å². The fraction of sp³-hybridized carbons (Fsp3) is 0.286. The van der Waals surface area contributed by atoms with Gasteiger partial charge < -0.3 is 0 Å². The lowest BCUT2D eigenvalue weighted by molar-refractivity contribution is -0.127. The van der Waals surface area contributed by atoms with Crippen molar-refractivity contribution >= 4 is 56.4 Å². The Kier molecular flexibility index (Phi) is 5.11. The van der Waals surface area contributed by atoms with E-state index in [9.17, 15) is 13.2 Å². The molecule has 0 aromatic heterocycles. The number of hydrogen-bond donors (Lipinski definition) is 0. The van der Waals surface area contributed by atoms with Crippen LogP contribution in [0.2, 0.25) is 15.1 Å². The molecular formula is C14H13Cl3N2O3S. The van der Waals surface area contributed by atoms with E-state index in [-0.39, 0.29) is 20.0 Å². The number of carbonyl (C=O) groups is 1. The zero-order valence-electron chi connectivity index (χ0n) is 12.3. The maximum absolute atomic E-state index is 12.7. The summed E-state index contributed by atoms with van der Waals surface area (Å²) in [5, 5.41) is 3.87. The molecule has 1 aliphatic rings. The maximum Gasteiger partial charge on any atom is 0.287 e. The topological polar surface area (TPSA) is 66.8 Å². The molecule has 1 aromatic carbocycles. The fourth-order valence-electron chi connectivity index (χ4n) is 2.13. The number of allylic oxidation sites excluding steroid dienone is 1. The van der Waals surface area contributed by atoms with E-state index in [1.165, 1.54) is 6.07 Å². The van der Waals surface area contributed by atoms with Gasteiger partial charge in [-0.2, -0.15) is 13.5 Å². The van der Waals surface area contributed by atoms with Crippen LogP contribution in [0.5, 0.6) is 0 Å². The van der Waals surface area contributed by atoms with Crippen molar-refractivity contribution in [2.24, 2.45) is 11.0 Å². The molecule has 0 radical (unpaired) electrons. The number of carbonyl (C=O) groups excluding carboxylic acids is 1. The van der Waals surface area contributed by atoms with Crippen molar-refractivity contribution in [3.05, 3.63) is 39.4 Å². The molecule has 5 nitrogen and oxygen atoms in total. The van der Waals surface area contributed by atoms with E-state index in [0.717, 1.165) is 11.6 Å². The Bertz CT molecular complexity index is 834. The standard InChI is InChI=1S/C14H13Cl3N2O3S/c1-7(2)4-9-8(3)18-19(14(9)20)23(21,22)13-6-11(16)10(15)5-12(13)17/h5-6,9H,1,4H2,2-3H3/t9-/m1/s1. The molecule has 0 saturated carbocycles. The average molecular weight is 396 g/mol. The van der Waals surface area contributed by atoms with Gasteiger partial charge in [0.1, 0.15) is 4.90 Å². The maximum atomic E-state index is 12.7. The zero-order valence-corrected chi connectivity index (χ0v) is 15.4. The van der Waals surface area contributed by atoms with Crippen molar-refractivity contribution in [2.75, 3.05) is 0 Å². The molecule has 0 unspecified atom stereocenters. The summed E-state index contributed by atoms with van der Waals surface area (Å²) in [6.07, 6.45) is 0.329. The Morgan fingerprint density at radius 2 is 1.83 bits per heavy atom. The monoisotopic (exact) mass is 394 g/mol. The first-order valence-electron chi connectivity index (χ1n) is 6.49. The van der Waals surface area contributed by atoms with E-state index in [4.69, 9.17) is 34.8 Å². The minimum atomic E-state index is -4.27. The Morgan fingerprint density at radius 1 is 1.26 bits per heavy atom. The Morgan fingerprint density at radius 3 is 2.39 bits per heavy atom. The molecule has 1 aliphatic heterocycles. The molecule has 23 heavy (non-hydrogen) atoms. The normalized spacial score (nSPS) is 18.3. The van der Waals surface area contributed by atoms with Gasteiger partial charge >= 0.3 is 0 Å². The summed E-state index contributed by atoms with van der Waals surface area (Å²) in [5.74, 6) is -1.29. The highest BCUT2D eigenvalue weighted by Crippen LogP contribution is 2.35. The van der Waals surface area contributed by atoms with Gasteiger partial charge in [0.25, 0.3) is 15.9 Å². The third kappa shape index (κ3) is 3.40. The van der Waals surface area contributed by atoms with E-state index in [0.29, 0.717) is 16.5 Å². The lowest BCUT2D eigenvalue weighted by atomic mass is 9.97. The van der Waals surface area contributed by atoms with Crippen molar-refractivity contribution < 1.29 is 13.2 Å². The molecule has 0 fully saturated rings. The van der Waals surface area contributed by atoms with Crippen LogP contribution in [-0.4, -0.2) is 24.5 Å². The van der Waals surface area contributed by atoms with Crippen molar-refractivity contribution in [3.63, 3.8) is 0 Å². The molecule has 124 valence electrons. The summed E-state index contributed by atoms with van der Waals surface area (Å²) in [4.78, 5) is 12.1. The fourth-order valence-corrected chi connectivity index (χ4v) is 4.39. The largest absolute Gasteiger partial charge is 0.287 e. The van der Waals surface area contributed by atoms with E-state index in [1.807, 2.05) is 0 Å². The molecular weight excluding hydrogens is 383 g/mol. The van der Waals surface area contributed by atoms with Gasteiger partial charge in [0.2, 0.25) is 0 Å². The molecule has 1 atom stereocenters. The smallest absolute Gasteiger partial charge is 0.271 e. The molecule has 9 heteroatoms. The molecule has 1 heterocycles. The summed E-state index contributed by atoms with van der Waals surface area (Å²) in [6.45, 7) is 7.09. The molecule has 1 aromatic rings.